The molecular weight excluding hydrogens is 204 g/mol. The van der Waals surface area contributed by atoms with Gasteiger partial charge >= 0.3 is 6.11 Å². The van der Waals surface area contributed by atoms with Crippen molar-refractivity contribution in [1.82, 2.24) is 0 Å². The van der Waals surface area contributed by atoms with Gasteiger partial charge in [0.15, 0.2) is 5.75 Å². The quantitative estimate of drug-likeness (QED) is 0.527. The predicted molar refractivity (Wildman–Crippen MR) is 46.7 cm³/mol. The Labute approximate surface area is 84.1 Å². The van der Waals surface area contributed by atoms with Crippen LogP contribution in [0.25, 0.3) is 6.08 Å². The molecule has 0 atom stereocenters. The maximum atomic E-state index is 13.0. The Balaban J connectivity index is 2.50. The highest BCUT2D eigenvalue weighted by atomic mass is 19.3. The minimum absolute atomic E-state index is 0.0472. The number of nitrogens with zero attached hydrogens (tertiary/aromatic N) is 1. The van der Waals surface area contributed by atoms with Crippen LogP contribution in [0.2, 0.25) is 0 Å². The zero-order chi connectivity index (χ0) is 10.9. The van der Waals surface area contributed by atoms with Crippen LogP contribution in [0.5, 0.6) is 5.75 Å². The van der Waals surface area contributed by atoms with Crippen molar-refractivity contribution in [3.05, 3.63) is 35.4 Å². The molecule has 1 heterocycles. The van der Waals surface area contributed by atoms with Gasteiger partial charge in [-0.15, -0.1) is 4.89 Å². The first-order valence-corrected chi connectivity index (χ1v) is 4.08. The summed E-state index contributed by atoms with van der Waals surface area (Å²) in [5, 5.41) is 8.32. The van der Waals surface area contributed by atoms with E-state index in [-0.39, 0.29) is 11.3 Å². The van der Waals surface area contributed by atoms with Crippen LogP contribution in [0.1, 0.15) is 11.1 Å². The van der Waals surface area contributed by atoms with E-state index in [9.17, 15) is 8.78 Å². The van der Waals surface area contributed by atoms with Crippen LogP contribution in [-0.4, -0.2) is 0 Å². The maximum absolute atomic E-state index is 13.0. The van der Waals surface area contributed by atoms with Gasteiger partial charge in [-0.05, 0) is 12.1 Å². The number of fused-ring (bicyclic) bond motifs is 1. The smallest absolute Gasteiger partial charge is 0.330 e. The van der Waals surface area contributed by atoms with Crippen LogP contribution in [0, 0.1) is 11.3 Å². The summed E-state index contributed by atoms with van der Waals surface area (Å²) in [6.45, 7) is 0. The number of nitriles is 1. The van der Waals surface area contributed by atoms with Crippen molar-refractivity contribution in [3.8, 4) is 11.8 Å². The Morgan fingerprint density at radius 2 is 2.20 bits per heavy atom. The standard InChI is InChI=1S/C10H5F2NO2/c11-10(12)8-5-1-3-7(4-2-6-13)9(8)14-15-10/h1-5H/b4-2+. The fourth-order valence-electron chi connectivity index (χ4n) is 1.27. The van der Waals surface area contributed by atoms with Crippen LogP contribution in [0.15, 0.2) is 24.3 Å². The summed E-state index contributed by atoms with van der Waals surface area (Å²) in [7, 11) is 0. The average molecular weight is 209 g/mol. The molecule has 76 valence electrons. The van der Waals surface area contributed by atoms with E-state index in [0.29, 0.717) is 5.56 Å². The molecule has 0 N–H and O–H groups in total. The molecule has 1 aliphatic rings. The van der Waals surface area contributed by atoms with Crippen molar-refractivity contribution in [2.75, 3.05) is 0 Å². The first-order valence-electron chi connectivity index (χ1n) is 4.08. The molecule has 3 nitrogen and oxygen atoms in total. The normalized spacial score (nSPS) is 17.1. The summed E-state index contributed by atoms with van der Waals surface area (Å²) in [6, 6.07) is 5.98. The number of allylic oxidation sites excluding steroid dienone is 1. The van der Waals surface area contributed by atoms with Crippen LogP contribution < -0.4 is 4.89 Å². The van der Waals surface area contributed by atoms with Crippen LogP contribution >= 0.6 is 0 Å². The maximum Gasteiger partial charge on any atom is 0.421 e. The lowest BCUT2D eigenvalue weighted by atomic mass is 10.1. The lowest BCUT2D eigenvalue weighted by Crippen LogP contribution is -2.11. The zero-order valence-corrected chi connectivity index (χ0v) is 7.41. The monoisotopic (exact) mass is 209 g/mol. The molecule has 0 amide bonds. The van der Waals surface area contributed by atoms with Crippen molar-refractivity contribution in [1.29, 1.82) is 5.26 Å². The largest absolute Gasteiger partial charge is 0.421 e. The zero-order valence-electron chi connectivity index (χ0n) is 7.41. The summed E-state index contributed by atoms with van der Waals surface area (Å²) in [6.07, 6.45) is -0.870. The highest BCUT2D eigenvalue weighted by molar-refractivity contribution is 5.62. The van der Waals surface area contributed by atoms with Crippen molar-refractivity contribution < 1.29 is 18.6 Å². The number of hydrogen-bond donors (Lipinski definition) is 0. The summed E-state index contributed by atoms with van der Waals surface area (Å²) in [5.74, 6) is -0.0472. The number of alkyl halides is 2. The summed E-state index contributed by atoms with van der Waals surface area (Å²) in [5.41, 5.74) is 0.0498. The average Bonchev–Trinajstić information content (AvgIpc) is 2.53. The fraction of sp³-hybridized carbons (Fsp3) is 0.100. The number of rotatable bonds is 1. The molecule has 1 aliphatic heterocycles. The van der Waals surface area contributed by atoms with Crippen LogP contribution in [0.3, 0.4) is 0 Å². The minimum atomic E-state index is -3.42. The molecule has 0 aromatic heterocycles. The van der Waals surface area contributed by atoms with Gasteiger partial charge < -0.3 is 4.89 Å². The first-order chi connectivity index (χ1) is 7.15. The molecule has 0 fully saturated rings. The second kappa shape index (κ2) is 3.33. The SMILES string of the molecule is N#C/C=C/c1cccc2c1OOC2(F)F. The fourth-order valence-corrected chi connectivity index (χ4v) is 1.27. The van der Waals surface area contributed by atoms with Gasteiger partial charge in [0.25, 0.3) is 0 Å². The highest BCUT2D eigenvalue weighted by Gasteiger charge is 2.45. The third kappa shape index (κ3) is 1.55. The van der Waals surface area contributed by atoms with Gasteiger partial charge in [-0.1, -0.05) is 12.1 Å². The molecule has 0 aliphatic carbocycles. The lowest BCUT2D eigenvalue weighted by molar-refractivity contribution is -0.376. The van der Waals surface area contributed by atoms with Gasteiger partial charge in [-0.2, -0.15) is 14.0 Å². The number of hydrogen-bond acceptors (Lipinski definition) is 3. The van der Waals surface area contributed by atoms with Gasteiger partial charge in [0, 0.05) is 11.6 Å². The topological polar surface area (TPSA) is 42.2 Å². The van der Waals surface area contributed by atoms with E-state index < -0.39 is 6.11 Å². The molecule has 1 aromatic rings. The van der Waals surface area contributed by atoms with Gasteiger partial charge in [-0.3, -0.25) is 0 Å². The molecule has 0 unspecified atom stereocenters. The Kier molecular flexibility index (Phi) is 2.14. The molecule has 0 radical (unpaired) electrons. The van der Waals surface area contributed by atoms with E-state index in [1.54, 1.807) is 12.1 Å². The second-order valence-corrected chi connectivity index (χ2v) is 2.87. The third-order valence-electron chi connectivity index (χ3n) is 1.93. The van der Waals surface area contributed by atoms with Crippen molar-refractivity contribution >= 4 is 6.08 Å². The number of halogens is 2. The molecule has 0 spiro atoms. The molecule has 1 aromatic carbocycles. The molecule has 0 saturated carbocycles. The summed E-state index contributed by atoms with van der Waals surface area (Å²) >= 11 is 0. The molecule has 0 saturated heterocycles. The van der Waals surface area contributed by atoms with Crippen LogP contribution in [0.4, 0.5) is 8.78 Å². The van der Waals surface area contributed by atoms with Gasteiger partial charge in [0.2, 0.25) is 0 Å². The van der Waals surface area contributed by atoms with Crippen molar-refractivity contribution in [2.24, 2.45) is 0 Å². The second-order valence-electron chi connectivity index (χ2n) is 2.87. The van der Waals surface area contributed by atoms with E-state index in [2.05, 4.69) is 9.78 Å². The number of benzene rings is 1. The molecule has 0 bridgehead atoms. The van der Waals surface area contributed by atoms with Gasteiger partial charge in [-0.25, -0.2) is 0 Å². The Bertz CT molecular complexity index is 463. The van der Waals surface area contributed by atoms with Crippen molar-refractivity contribution in [3.63, 3.8) is 0 Å². The minimum Gasteiger partial charge on any atom is -0.330 e. The van der Waals surface area contributed by atoms with Crippen molar-refractivity contribution in [2.45, 2.75) is 6.11 Å². The van der Waals surface area contributed by atoms with E-state index in [4.69, 9.17) is 5.26 Å². The Morgan fingerprint density at radius 1 is 1.40 bits per heavy atom. The molecule has 15 heavy (non-hydrogen) atoms. The summed E-state index contributed by atoms with van der Waals surface area (Å²) < 4.78 is 26.0. The lowest BCUT2D eigenvalue weighted by Gasteiger charge is -2.02. The Hall–Kier alpha value is -1.93. The highest BCUT2D eigenvalue weighted by Crippen LogP contribution is 2.44. The third-order valence-corrected chi connectivity index (χ3v) is 1.93. The molecule has 2 rings (SSSR count). The van der Waals surface area contributed by atoms with E-state index >= 15 is 0 Å². The van der Waals surface area contributed by atoms with Gasteiger partial charge in [0.1, 0.15) is 5.56 Å². The van der Waals surface area contributed by atoms with E-state index in [1.807, 2.05) is 0 Å². The van der Waals surface area contributed by atoms with Gasteiger partial charge in [0.05, 0.1) is 6.07 Å². The van der Waals surface area contributed by atoms with E-state index in [0.717, 1.165) is 0 Å². The molecule has 5 heteroatoms. The summed E-state index contributed by atoms with van der Waals surface area (Å²) in [4.78, 5) is 8.31. The van der Waals surface area contributed by atoms with Crippen LogP contribution in [-0.2, 0) is 11.0 Å². The predicted octanol–water partition coefficient (Wildman–Crippen LogP) is 2.60. The Morgan fingerprint density at radius 3 is 2.93 bits per heavy atom. The molecular formula is C10H5F2NO2. The number of para-hydroxylation sites is 1. The first kappa shape index (κ1) is 9.62. The van der Waals surface area contributed by atoms with E-state index in [1.165, 1.54) is 24.3 Å².